The number of pyridine rings is 1. The predicted octanol–water partition coefficient (Wildman–Crippen LogP) is 2.17. The number of hydrogen-bond donors (Lipinski definition) is 1. The van der Waals surface area contributed by atoms with Crippen molar-refractivity contribution in [2.45, 2.75) is 20.8 Å². The maximum Gasteiger partial charge on any atom is 0.227 e. The summed E-state index contributed by atoms with van der Waals surface area (Å²) < 4.78 is 1.71. The highest BCUT2D eigenvalue weighted by Crippen LogP contribution is 2.16. The first kappa shape index (κ1) is 12.3. The Morgan fingerprint density at radius 1 is 1.44 bits per heavy atom. The third-order valence-corrected chi connectivity index (χ3v) is 2.59. The average molecular weight is 244 g/mol. The van der Waals surface area contributed by atoms with E-state index in [1.165, 1.54) is 0 Å². The van der Waals surface area contributed by atoms with E-state index in [1.807, 2.05) is 32.9 Å². The molecule has 0 aromatic carbocycles. The number of hydrogen-bond acceptors (Lipinski definition) is 3. The van der Waals surface area contributed by atoms with Crippen molar-refractivity contribution in [2.75, 3.05) is 5.32 Å². The molecule has 1 amide bonds. The maximum atomic E-state index is 11.6. The number of rotatable bonds is 3. The van der Waals surface area contributed by atoms with Crippen molar-refractivity contribution in [3.05, 3.63) is 36.4 Å². The second-order valence-corrected chi connectivity index (χ2v) is 4.43. The molecule has 2 aromatic rings. The summed E-state index contributed by atoms with van der Waals surface area (Å²) >= 11 is 0. The Kier molecular flexibility index (Phi) is 3.41. The Balaban J connectivity index is 2.25. The Hall–Kier alpha value is -2.17. The minimum absolute atomic E-state index is 0.0103. The Bertz CT molecular complexity index is 545. The van der Waals surface area contributed by atoms with Gasteiger partial charge in [0.2, 0.25) is 5.91 Å². The van der Waals surface area contributed by atoms with Crippen LogP contribution in [0.15, 0.2) is 30.7 Å². The highest BCUT2D eigenvalue weighted by molar-refractivity contribution is 5.92. The molecule has 2 aromatic heterocycles. The van der Waals surface area contributed by atoms with Crippen molar-refractivity contribution in [1.82, 2.24) is 14.8 Å². The highest BCUT2D eigenvalue weighted by atomic mass is 16.1. The third kappa shape index (κ3) is 2.56. The molecule has 0 spiro atoms. The molecular weight excluding hydrogens is 228 g/mol. The number of nitrogens with zero attached hydrogens (tertiary/aromatic N) is 3. The molecule has 0 saturated carbocycles. The second-order valence-electron chi connectivity index (χ2n) is 4.43. The van der Waals surface area contributed by atoms with Gasteiger partial charge < -0.3 is 5.32 Å². The van der Waals surface area contributed by atoms with Crippen LogP contribution in [-0.4, -0.2) is 20.7 Å². The van der Waals surface area contributed by atoms with Crippen LogP contribution in [0.25, 0.3) is 5.69 Å². The van der Waals surface area contributed by atoms with E-state index in [-0.39, 0.29) is 11.8 Å². The number of carbonyl (C=O) groups is 1. The minimum Gasteiger partial charge on any atom is -0.323 e. The zero-order valence-corrected chi connectivity index (χ0v) is 10.7. The van der Waals surface area contributed by atoms with Crippen LogP contribution < -0.4 is 5.32 Å². The van der Waals surface area contributed by atoms with Crippen molar-refractivity contribution in [2.24, 2.45) is 5.92 Å². The number of carbonyl (C=O) groups excluding carboxylic acids is 1. The largest absolute Gasteiger partial charge is 0.323 e. The molecule has 0 unspecified atom stereocenters. The molecule has 2 heterocycles. The van der Waals surface area contributed by atoms with E-state index in [0.29, 0.717) is 0 Å². The van der Waals surface area contributed by atoms with Crippen LogP contribution in [0.1, 0.15) is 19.5 Å². The van der Waals surface area contributed by atoms with Crippen molar-refractivity contribution in [1.29, 1.82) is 0 Å². The summed E-state index contributed by atoms with van der Waals surface area (Å²) in [7, 11) is 0. The molecule has 5 heteroatoms. The summed E-state index contributed by atoms with van der Waals surface area (Å²) in [6, 6.07) is 3.76. The first-order valence-electron chi connectivity index (χ1n) is 5.85. The lowest BCUT2D eigenvalue weighted by Crippen LogP contribution is -2.17. The summed E-state index contributed by atoms with van der Waals surface area (Å²) in [6.45, 7) is 5.58. The summed E-state index contributed by atoms with van der Waals surface area (Å²) in [5.41, 5.74) is 2.39. The van der Waals surface area contributed by atoms with E-state index in [0.717, 1.165) is 17.1 Å². The topological polar surface area (TPSA) is 59.8 Å². The lowest BCUT2D eigenvalue weighted by Gasteiger charge is -2.05. The maximum absolute atomic E-state index is 11.6. The van der Waals surface area contributed by atoms with Crippen LogP contribution in [0.4, 0.5) is 5.69 Å². The normalized spacial score (nSPS) is 10.7. The number of nitrogens with one attached hydrogen (secondary N) is 1. The number of aromatic nitrogens is 3. The molecule has 0 radical (unpaired) electrons. The summed E-state index contributed by atoms with van der Waals surface area (Å²) in [5.74, 6) is -0.0602. The van der Waals surface area contributed by atoms with Crippen LogP contribution in [0.5, 0.6) is 0 Å². The van der Waals surface area contributed by atoms with E-state index < -0.39 is 0 Å². The fourth-order valence-corrected chi connectivity index (χ4v) is 1.48. The summed E-state index contributed by atoms with van der Waals surface area (Å²) in [4.78, 5) is 15.7. The van der Waals surface area contributed by atoms with E-state index >= 15 is 0 Å². The van der Waals surface area contributed by atoms with Crippen molar-refractivity contribution < 1.29 is 4.79 Å². The van der Waals surface area contributed by atoms with Crippen LogP contribution in [-0.2, 0) is 4.79 Å². The summed E-state index contributed by atoms with van der Waals surface area (Å²) in [6.07, 6.45) is 5.23. The van der Waals surface area contributed by atoms with Gasteiger partial charge in [-0.2, -0.15) is 5.10 Å². The van der Waals surface area contributed by atoms with E-state index in [9.17, 15) is 4.79 Å². The minimum atomic E-state index is -0.0499. The van der Waals surface area contributed by atoms with Gasteiger partial charge in [-0.15, -0.1) is 0 Å². The molecule has 0 aliphatic heterocycles. The van der Waals surface area contributed by atoms with Gasteiger partial charge in [-0.25, -0.2) is 4.68 Å². The SMILES string of the molecule is Cc1nn(-c2cccnc2)cc1NC(=O)C(C)C. The number of amides is 1. The van der Waals surface area contributed by atoms with Gasteiger partial charge in [0.25, 0.3) is 0 Å². The number of anilines is 1. The molecule has 0 fully saturated rings. The molecule has 0 atom stereocenters. The van der Waals surface area contributed by atoms with Gasteiger partial charge in [-0.1, -0.05) is 13.8 Å². The van der Waals surface area contributed by atoms with E-state index in [4.69, 9.17) is 0 Å². The Labute approximate surface area is 106 Å². The van der Waals surface area contributed by atoms with Crippen molar-refractivity contribution >= 4 is 11.6 Å². The zero-order chi connectivity index (χ0) is 13.1. The van der Waals surface area contributed by atoms with Gasteiger partial charge in [-0.3, -0.25) is 9.78 Å². The van der Waals surface area contributed by atoms with Gasteiger partial charge in [0.05, 0.1) is 29.5 Å². The molecule has 0 aliphatic carbocycles. The molecular formula is C13H16N4O. The lowest BCUT2D eigenvalue weighted by atomic mass is 10.2. The molecule has 2 rings (SSSR count). The Morgan fingerprint density at radius 2 is 2.22 bits per heavy atom. The molecule has 5 nitrogen and oxygen atoms in total. The fraction of sp³-hybridized carbons (Fsp3) is 0.308. The Morgan fingerprint density at radius 3 is 2.83 bits per heavy atom. The van der Waals surface area contributed by atoms with Gasteiger partial charge in [0.15, 0.2) is 0 Å². The van der Waals surface area contributed by atoms with Crippen molar-refractivity contribution in [3.8, 4) is 5.69 Å². The molecule has 18 heavy (non-hydrogen) atoms. The van der Waals surface area contributed by atoms with Crippen LogP contribution in [0.2, 0.25) is 0 Å². The van der Waals surface area contributed by atoms with Crippen LogP contribution in [0, 0.1) is 12.8 Å². The number of aryl methyl sites for hydroxylation is 1. The van der Waals surface area contributed by atoms with Gasteiger partial charge >= 0.3 is 0 Å². The fourth-order valence-electron chi connectivity index (χ4n) is 1.48. The van der Waals surface area contributed by atoms with E-state index in [1.54, 1.807) is 23.3 Å². The van der Waals surface area contributed by atoms with Gasteiger partial charge in [-0.05, 0) is 19.1 Å². The monoisotopic (exact) mass is 244 g/mol. The van der Waals surface area contributed by atoms with Gasteiger partial charge in [0.1, 0.15) is 0 Å². The molecule has 0 aliphatic rings. The third-order valence-electron chi connectivity index (χ3n) is 2.59. The summed E-state index contributed by atoms with van der Waals surface area (Å²) in [5, 5.41) is 7.21. The average Bonchev–Trinajstić information content (AvgIpc) is 2.72. The first-order chi connectivity index (χ1) is 8.58. The zero-order valence-electron chi connectivity index (χ0n) is 10.7. The van der Waals surface area contributed by atoms with Crippen molar-refractivity contribution in [3.63, 3.8) is 0 Å². The predicted molar refractivity (Wildman–Crippen MR) is 69.6 cm³/mol. The highest BCUT2D eigenvalue weighted by Gasteiger charge is 2.12. The van der Waals surface area contributed by atoms with E-state index in [2.05, 4.69) is 15.4 Å². The quantitative estimate of drug-likeness (QED) is 0.900. The standard InChI is InChI=1S/C13H16N4O/c1-9(2)13(18)15-12-8-17(16-10(12)3)11-5-4-6-14-7-11/h4-9H,1-3H3,(H,15,18). The second kappa shape index (κ2) is 5.00. The molecule has 94 valence electrons. The smallest absolute Gasteiger partial charge is 0.227 e. The lowest BCUT2D eigenvalue weighted by molar-refractivity contribution is -0.118. The van der Waals surface area contributed by atoms with Crippen LogP contribution >= 0.6 is 0 Å². The van der Waals surface area contributed by atoms with Gasteiger partial charge in [0, 0.05) is 12.1 Å². The van der Waals surface area contributed by atoms with Crippen LogP contribution in [0.3, 0.4) is 0 Å². The molecule has 0 bridgehead atoms. The molecule has 1 N–H and O–H groups in total. The first-order valence-corrected chi connectivity index (χ1v) is 5.85. The molecule has 0 saturated heterocycles.